The van der Waals surface area contributed by atoms with Gasteiger partial charge >= 0.3 is 0 Å². The van der Waals surface area contributed by atoms with Gasteiger partial charge in [-0.3, -0.25) is 4.79 Å². The molecule has 0 aromatic carbocycles. The van der Waals surface area contributed by atoms with E-state index in [2.05, 4.69) is 31.0 Å². The Labute approximate surface area is 105 Å². The number of pyridine rings is 1. The van der Waals surface area contributed by atoms with Crippen molar-refractivity contribution in [3.05, 3.63) is 28.5 Å². The highest BCUT2D eigenvalue weighted by Crippen LogP contribution is 2.05. The molecule has 0 fully saturated rings. The lowest BCUT2D eigenvalue weighted by atomic mass is 10.3. The van der Waals surface area contributed by atoms with Crippen LogP contribution in [0.15, 0.2) is 22.8 Å². The van der Waals surface area contributed by atoms with Crippen LogP contribution in [-0.2, 0) is 4.74 Å². The van der Waals surface area contributed by atoms with E-state index in [-0.39, 0.29) is 24.8 Å². The molecule has 1 heterocycles. The number of hydrogen-bond acceptors (Lipinski definition) is 3. The maximum Gasteiger partial charge on any atom is 0.270 e. The van der Waals surface area contributed by atoms with Gasteiger partial charge in [0.25, 0.3) is 12.3 Å². The van der Waals surface area contributed by atoms with Gasteiger partial charge in [-0.1, -0.05) is 6.07 Å². The monoisotopic (exact) mass is 308 g/mol. The van der Waals surface area contributed by atoms with Crippen molar-refractivity contribution in [1.29, 1.82) is 0 Å². The first-order valence-corrected chi connectivity index (χ1v) is 5.65. The first-order valence-electron chi connectivity index (χ1n) is 4.86. The fourth-order valence-electron chi connectivity index (χ4n) is 1.03. The first kappa shape index (κ1) is 14.0. The Morgan fingerprint density at radius 3 is 2.94 bits per heavy atom. The lowest BCUT2D eigenvalue weighted by Crippen LogP contribution is -2.28. The molecule has 1 rings (SSSR count). The Bertz CT molecular complexity index is 377. The maximum atomic E-state index is 11.7. The van der Waals surface area contributed by atoms with Crippen molar-refractivity contribution in [2.24, 2.45) is 0 Å². The van der Waals surface area contributed by atoms with E-state index < -0.39 is 13.0 Å². The van der Waals surface area contributed by atoms with E-state index in [9.17, 15) is 13.6 Å². The molecule has 0 aliphatic rings. The Balaban J connectivity index is 2.26. The molecule has 94 valence electrons. The number of alkyl halides is 2. The Hall–Kier alpha value is -1.08. The predicted octanol–water partition coefficient (Wildman–Crippen LogP) is 1.86. The van der Waals surface area contributed by atoms with Crippen LogP contribution in [0.25, 0.3) is 0 Å². The molecular formula is C10H11BrF2N2O2. The number of hydrogen-bond donors (Lipinski definition) is 1. The topological polar surface area (TPSA) is 51.2 Å². The van der Waals surface area contributed by atoms with E-state index in [1.807, 2.05) is 0 Å². The summed E-state index contributed by atoms with van der Waals surface area (Å²) in [5, 5.41) is 2.51. The first-order chi connectivity index (χ1) is 8.09. The van der Waals surface area contributed by atoms with Gasteiger partial charge in [0, 0.05) is 6.54 Å². The van der Waals surface area contributed by atoms with Crippen LogP contribution < -0.4 is 5.32 Å². The molecule has 7 heteroatoms. The number of carbonyl (C=O) groups excluding carboxylic acids is 1. The zero-order valence-corrected chi connectivity index (χ0v) is 10.4. The third-order valence-electron chi connectivity index (χ3n) is 1.72. The van der Waals surface area contributed by atoms with E-state index in [0.29, 0.717) is 4.60 Å². The van der Waals surface area contributed by atoms with E-state index in [1.54, 1.807) is 18.2 Å². The van der Waals surface area contributed by atoms with E-state index in [4.69, 9.17) is 0 Å². The molecule has 1 aromatic heterocycles. The molecule has 0 aliphatic carbocycles. The average molecular weight is 309 g/mol. The van der Waals surface area contributed by atoms with Gasteiger partial charge in [0.05, 0.1) is 6.61 Å². The van der Waals surface area contributed by atoms with Gasteiger partial charge < -0.3 is 10.1 Å². The van der Waals surface area contributed by atoms with Gasteiger partial charge in [-0.05, 0) is 28.1 Å². The molecule has 1 aromatic rings. The van der Waals surface area contributed by atoms with Gasteiger partial charge in [-0.25, -0.2) is 13.8 Å². The van der Waals surface area contributed by atoms with Crippen molar-refractivity contribution < 1.29 is 18.3 Å². The van der Waals surface area contributed by atoms with Gasteiger partial charge in [-0.15, -0.1) is 0 Å². The highest BCUT2D eigenvalue weighted by atomic mass is 79.9. The number of rotatable bonds is 6. The Morgan fingerprint density at radius 1 is 1.53 bits per heavy atom. The van der Waals surface area contributed by atoms with Crippen LogP contribution in [0.3, 0.4) is 0 Å². The molecule has 17 heavy (non-hydrogen) atoms. The third kappa shape index (κ3) is 5.69. The number of nitrogens with zero attached hydrogens (tertiary/aromatic N) is 1. The summed E-state index contributed by atoms with van der Waals surface area (Å²) in [6.45, 7) is -0.408. The molecule has 0 unspecified atom stereocenters. The minimum atomic E-state index is -2.49. The number of ether oxygens (including phenoxy) is 1. The molecule has 0 spiro atoms. The normalized spacial score (nSPS) is 10.6. The summed E-state index contributed by atoms with van der Waals surface area (Å²) < 4.78 is 28.6. The number of halogens is 3. The summed E-state index contributed by atoms with van der Waals surface area (Å²) in [5.41, 5.74) is 0.258. The molecule has 0 saturated carbocycles. The predicted molar refractivity (Wildman–Crippen MR) is 61.1 cm³/mol. The molecule has 0 saturated heterocycles. The van der Waals surface area contributed by atoms with Gasteiger partial charge in [0.1, 0.15) is 16.9 Å². The fraction of sp³-hybridized carbons (Fsp3) is 0.400. The van der Waals surface area contributed by atoms with Crippen molar-refractivity contribution in [2.75, 3.05) is 19.8 Å². The molecule has 0 atom stereocenters. The van der Waals surface area contributed by atoms with Crippen molar-refractivity contribution in [3.63, 3.8) is 0 Å². The second-order valence-electron chi connectivity index (χ2n) is 3.07. The SMILES string of the molecule is O=C(NCCOCC(F)F)c1cccc(Br)n1. The van der Waals surface area contributed by atoms with Crippen LogP contribution in [0.2, 0.25) is 0 Å². The quantitative estimate of drug-likeness (QED) is 0.644. The van der Waals surface area contributed by atoms with E-state index in [1.165, 1.54) is 0 Å². The van der Waals surface area contributed by atoms with Crippen LogP contribution in [0.1, 0.15) is 10.5 Å². The van der Waals surface area contributed by atoms with Gasteiger partial charge in [0.15, 0.2) is 0 Å². The second-order valence-corrected chi connectivity index (χ2v) is 3.88. The highest BCUT2D eigenvalue weighted by molar-refractivity contribution is 9.10. The second kappa shape index (κ2) is 7.29. The summed E-state index contributed by atoms with van der Waals surface area (Å²) in [6, 6.07) is 4.93. The van der Waals surface area contributed by atoms with Crippen molar-refractivity contribution in [3.8, 4) is 0 Å². The lowest BCUT2D eigenvalue weighted by Gasteiger charge is -2.05. The maximum absolute atomic E-state index is 11.7. The van der Waals surface area contributed by atoms with Crippen LogP contribution in [-0.4, -0.2) is 37.1 Å². The summed E-state index contributed by atoms with van der Waals surface area (Å²) >= 11 is 3.14. The zero-order valence-electron chi connectivity index (χ0n) is 8.83. The Morgan fingerprint density at radius 2 is 2.29 bits per heavy atom. The van der Waals surface area contributed by atoms with Crippen molar-refractivity contribution in [2.45, 2.75) is 6.43 Å². The minimum Gasteiger partial charge on any atom is -0.374 e. The summed E-state index contributed by atoms with van der Waals surface area (Å²) in [4.78, 5) is 15.4. The van der Waals surface area contributed by atoms with E-state index in [0.717, 1.165) is 0 Å². The molecule has 0 bridgehead atoms. The van der Waals surface area contributed by atoms with Crippen LogP contribution in [0.4, 0.5) is 8.78 Å². The smallest absolute Gasteiger partial charge is 0.270 e. The molecule has 0 aliphatic heterocycles. The molecule has 1 amide bonds. The molecule has 0 radical (unpaired) electrons. The van der Waals surface area contributed by atoms with E-state index >= 15 is 0 Å². The van der Waals surface area contributed by atoms with Crippen LogP contribution >= 0.6 is 15.9 Å². The number of aromatic nitrogens is 1. The molecule has 4 nitrogen and oxygen atoms in total. The van der Waals surface area contributed by atoms with Crippen molar-refractivity contribution in [1.82, 2.24) is 10.3 Å². The third-order valence-corrected chi connectivity index (χ3v) is 2.17. The lowest BCUT2D eigenvalue weighted by molar-refractivity contribution is 0.0188. The fourth-order valence-corrected chi connectivity index (χ4v) is 1.38. The van der Waals surface area contributed by atoms with Crippen LogP contribution in [0, 0.1) is 0 Å². The molecular weight excluding hydrogens is 298 g/mol. The number of nitrogens with one attached hydrogen (secondary N) is 1. The summed E-state index contributed by atoms with van der Waals surface area (Å²) in [7, 11) is 0. The Kier molecular flexibility index (Phi) is 5.99. The summed E-state index contributed by atoms with van der Waals surface area (Å²) in [5.74, 6) is -0.369. The number of amides is 1. The van der Waals surface area contributed by atoms with Gasteiger partial charge in [-0.2, -0.15) is 0 Å². The van der Waals surface area contributed by atoms with Gasteiger partial charge in [0.2, 0.25) is 0 Å². The highest BCUT2D eigenvalue weighted by Gasteiger charge is 2.07. The van der Waals surface area contributed by atoms with Crippen molar-refractivity contribution >= 4 is 21.8 Å². The minimum absolute atomic E-state index is 0.0457. The largest absolute Gasteiger partial charge is 0.374 e. The molecule has 1 N–H and O–H groups in total. The summed E-state index contributed by atoms with van der Waals surface area (Å²) in [6.07, 6.45) is -2.49. The average Bonchev–Trinajstić information content (AvgIpc) is 2.28. The number of carbonyl (C=O) groups is 1. The van der Waals surface area contributed by atoms with Crippen LogP contribution in [0.5, 0.6) is 0 Å². The zero-order chi connectivity index (χ0) is 12.7. The standard InChI is InChI=1S/C10H11BrF2N2O2/c11-8-3-1-2-7(15-8)10(16)14-4-5-17-6-9(12)13/h1-3,9H,4-6H2,(H,14,16).